The van der Waals surface area contributed by atoms with E-state index in [4.69, 9.17) is 27.9 Å². The van der Waals surface area contributed by atoms with Crippen LogP contribution in [0.3, 0.4) is 0 Å². The maximum Gasteiger partial charge on any atom is 0.293 e. The van der Waals surface area contributed by atoms with Gasteiger partial charge in [-0.1, -0.05) is 54.7 Å². The summed E-state index contributed by atoms with van der Waals surface area (Å²) in [5.74, 6) is 0.475. The second-order valence-electron chi connectivity index (χ2n) is 6.29. The summed E-state index contributed by atoms with van der Waals surface area (Å²) in [6, 6.07) is 12.7. The van der Waals surface area contributed by atoms with Gasteiger partial charge in [-0.15, -0.1) is 0 Å². The quantitative estimate of drug-likeness (QED) is 0.471. The van der Waals surface area contributed by atoms with Crippen LogP contribution < -0.4 is 4.74 Å². The van der Waals surface area contributed by atoms with Crippen LogP contribution in [0.5, 0.6) is 5.75 Å². The van der Waals surface area contributed by atoms with Crippen LogP contribution in [0.25, 0.3) is 6.08 Å². The number of hydrogen-bond acceptors (Lipinski definition) is 4. The monoisotopic (exact) mass is 435 g/mol. The Bertz CT molecular complexity index is 912. The Hall–Kier alpha value is -1.95. The second-order valence-corrected chi connectivity index (χ2v) is 8.10. The molecule has 1 fully saturated rings. The van der Waals surface area contributed by atoms with E-state index in [1.165, 1.54) is 4.90 Å². The van der Waals surface area contributed by atoms with Crippen molar-refractivity contribution in [3.63, 3.8) is 0 Å². The summed E-state index contributed by atoms with van der Waals surface area (Å²) in [7, 11) is 0. The molecule has 0 atom stereocenters. The molecule has 4 nitrogen and oxygen atoms in total. The van der Waals surface area contributed by atoms with Crippen molar-refractivity contribution >= 4 is 52.2 Å². The van der Waals surface area contributed by atoms with E-state index >= 15 is 0 Å². The SMILES string of the molecule is CCCCN1C(=O)S/C(=C\c2ccc(OCc3ccc(Cl)c(Cl)c3)cc2)C1=O. The summed E-state index contributed by atoms with van der Waals surface area (Å²) in [4.78, 5) is 26.1. The van der Waals surface area contributed by atoms with E-state index in [0.717, 1.165) is 35.7 Å². The lowest BCUT2D eigenvalue weighted by molar-refractivity contribution is -0.122. The fourth-order valence-electron chi connectivity index (χ4n) is 2.62. The predicted octanol–water partition coefficient (Wildman–Crippen LogP) is 6.41. The molecule has 1 aliphatic rings. The standard InChI is InChI=1S/C21H19Cl2NO3S/c1-2-3-10-24-20(25)19(28-21(24)26)12-14-4-7-16(8-5-14)27-13-15-6-9-17(22)18(23)11-15/h4-9,11-12H,2-3,10,13H2,1H3/b19-12-. The average Bonchev–Trinajstić information content (AvgIpc) is 2.95. The lowest BCUT2D eigenvalue weighted by Gasteiger charge is -2.10. The smallest absolute Gasteiger partial charge is 0.293 e. The number of hydrogen-bond donors (Lipinski definition) is 0. The number of benzene rings is 2. The molecule has 0 unspecified atom stereocenters. The molecule has 0 radical (unpaired) electrons. The highest BCUT2D eigenvalue weighted by Crippen LogP contribution is 2.32. The predicted molar refractivity (Wildman–Crippen MR) is 115 cm³/mol. The number of imide groups is 1. The highest BCUT2D eigenvalue weighted by atomic mass is 35.5. The number of nitrogens with zero attached hydrogens (tertiary/aromatic N) is 1. The molecule has 0 spiro atoms. The van der Waals surface area contributed by atoms with E-state index in [9.17, 15) is 9.59 Å². The van der Waals surface area contributed by atoms with Gasteiger partial charge in [0.15, 0.2) is 0 Å². The van der Waals surface area contributed by atoms with Crippen molar-refractivity contribution in [2.45, 2.75) is 26.4 Å². The third kappa shape index (κ3) is 5.10. The first kappa shape index (κ1) is 20.8. The van der Waals surface area contributed by atoms with E-state index in [2.05, 4.69) is 0 Å². The minimum atomic E-state index is -0.219. The third-order valence-corrected chi connectivity index (χ3v) is 5.82. The first-order valence-electron chi connectivity index (χ1n) is 8.90. The van der Waals surface area contributed by atoms with Gasteiger partial charge in [-0.3, -0.25) is 14.5 Å². The molecule has 1 heterocycles. The molecule has 0 aromatic heterocycles. The van der Waals surface area contributed by atoms with Gasteiger partial charge in [-0.05, 0) is 59.7 Å². The molecule has 2 aromatic carbocycles. The van der Waals surface area contributed by atoms with E-state index in [0.29, 0.717) is 33.9 Å². The van der Waals surface area contributed by atoms with Crippen molar-refractivity contribution in [2.75, 3.05) is 6.54 Å². The Balaban J connectivity index is 1.62. The van der Waals surface area contributed by atoms with Gasteiger partial charge in [0.1, 0.15) is 12.4 Å². The molecule has 0 saturated carbocycles. The van der Waals surface area contributed by atoms with Crippen molar-refractivity contribution in [1.82, 2.24) is 4.90 Å². The highest BCUT2D eigenvalue weighted by Gasteiger charge is 2.34. The van der Waals surface area contributed by atoms with Gasteiger partial charge >= 0.3 is 0 Å². The van der Waals surface area contributed by atoms with Crippen molar-refractivity contribution in [1.29, 1.82) is 0 Å². The molecular formula is C21H19Cl2NO3S. The zero-order valence-corrected chi connectivity index (χ0v) is 17.6. The second kappa shape index (κ2) is 9.50. The summed E-state index contributed by atoms with van der Waals surface area (Å²) in [6.07, 6.45) is 3.49. The fraction of sp³-hybridized carbons (Fsp3) is 0.238. The number of carbonyl (C=O) groups excluding carboxylic acids is 2. The van der Waals surface area contributed by atoms with Crippen LogP contribution >= 0.6 is 35.0 Å². The molecule has 0 aliphatic carbocycles. The molecule has 0 bridgehead atoms. The number of amides is 2. The van der Waals surface area contributed by atoms with Gasteiger partial charge in [0.2, 0.25) is 0 Å². The van der Waals surface area contributed by atoms with E-state index < -0.39 is 0 Å². The van der Waals surface area contributed by atoms with Crippen molar-refractivity contribution in [3.05, 3.63) is 68.5 Å². The zero-order chi connectivity index (χ0) is 20.1. The maximum absolute atomic E-state index is 12.4. The van der Waals surface area contributed by atoms with Gasteiger partial charge < -0.3 is 4.74 Å². The third-order valence-electron chi connectivity index (χ3n) is 4.18. The molecular weight excluding hydrogens is 417 g/mol. The van der Waals surface area contributed by atoms with Crippen LogP contribution in [-0.2, 0) is 11.4 Å². The van der Waals surface area contributed by atoms with Gasteiger partial charge in [0, 0.05) is 6.54 Å². The van der Waals surface area contributed by atoms with Crippen molar-refractivity contribution < 1.29 is 14.3 Å². The van der Waals surface area contributed by atoms with E-state index in [1.807, 2.05) is 37.3 Å². The van der Waals surface area contributed by atoms with Gasteiger partial charge in [-0.2, -0.15) is 0 Å². The Morgan fingerprint density at radius 1 is 1.07 bits per heavy atom. The van der Waals surface area contributed by atoms with Gasteiger partial charge in [0.25, 0.3) is 11.1 Å². The van der Waals surface area contributed by atoms with Gasteiger partial charge in [-0.25, -0.2) is 0 Å². The molecule has 28 heavy (non-hydrogen) atoms. The lowest BCUT2D eigenvalue weighted by Crippen LogP contribution is -2.29. The van der Waals surface area contributed by atoms with Crippen LogP contribution in [-0.4, -0.2) is 22.6 Å². The molecule has 0 N–H and O–H groups in total. The topological polar surface area (TPSA) is 46.6 Å². The van der Waals surface area contributed by atoms with E-state index in [-0.39, 0.29) is 11.1 Å². The number of thioether (sulfide) groups is 1. The van der Waals surface area contributed by atoms with Crippen LogP contribution in [0.4, 0.5) is 4.79 Å². The summed E-state index contributed by atoms with van der Waals surface area (Å²) in [6.45, 7) is 2.87. The molecule has 146 valence electrons. The molecule has 7 heteroatoms. The maximum atomic E-state index is 12.4. The average molecular weight is 436 g/mol. The Kier molecular flexibility index (Phi) is 7.05. The molecule has 1 aliphatic heterocycles. The number of ether oxygens (including phenoxy) is 1. The Morgan fingerprint density at radius 3 is 2.50 bits per heavy atom. The number of carbonyl (C=O) groups is 2. The summed E-state index contributed by atoms with van der Waals surface area (Å²) in [5, 5.41) is 0.797. The van der Waals surface area contributed by atoms with Crippen LogP contribution in [0.2, 0.25) is 10.0 Å². The first-order chi connectivity index (χ1) is 13.5. The summed E-state index contributed by atoms with van der Waals surface area (Å²) in [5.41, 5.74) is 1.75. The van der Waals surface area contributed by atoms with Crippen LogP contribution in [0.1, 0.15) is 30.9 Å². The van der Waals surface area contributed by atoms with Crippen LogP contribution in [0.15, 0.2) is 47.4 Å². The normalized spacial score (nSPS) is 15.5. The van der Waals surface area contributed by atoms with Crippen molar-refractivity contribution in [2.24, 2.45) is 0 Å². The van der Waals surface area contributed by atoms with Gasteiger partial charge in [0.05, 0.1) is 15.0 Å². The molecule has 1 saturated heterocycles. The molecule has 3 rings (SSSR count). The van der Waals surface area contributed by atoms with E-state index in [1.54, 1.807) is 18.2 Å². The minimum Gasteiger partial charge on any atom is -0.489 e. The zero-order valence-electron chi connectivity index (χ0n) is 15.3. The highest BCUT2D eigenvalue weighted by molar-refractivity contribution is 8.18. The number of halogens is 2. The van der Waals surface area contributed by atoms with Crippen molar-refractivity contribution in [3.8, 4) is 5.75 Å². The Morgan fingerprint density at radius 2 is 1.82 bits per heavy atom. The van der Waals surface area contributed by atoms with Crippen LogP contribution in [0, 0.1) is 0 Å². The summed E-state index contributed by atoms with van der Waals surface area (Å²) >= 11 is 12.9. The molecule has 2 aromatic rings. The molecule has 2 amide bonds. The largest absolute Gasteiger partial charge is 0.489 e. The minimum absolute atomic E-state index is 0.203. The first-order valence-corrected chi connectivity index (χ1v) is 10.5. The lowest BCUT2D eigenvalue weighted by atomic mass is 10.2. The number of rotatable bonds is 7. The summed E-state index contributed by atoms with van der Waals surface area (Å²) < 4.78 is 5.75. The number of unbranched alkanes of at least 4 members (excludes halogenated alkanes) is 1. The fourth-order valence-corrected chi connectivity index (χ4v) is 3.80. The Labute approximate surface area is 178 Å².